The highest BCUT2D eigenvalue weighted by atomic mass is 14.8. The molecule has 1 aliphatic carbocycles. The smallest absolute Gasteiger partial charge is 0.131 e. The normalized spacial score (nSPS) is 14.4. The SMILES string of the molecule is CC(=Cc1cc2cc(-c3ccccc3C)ccc2nc1N)c1cncc(C2=CCCCC2)c1. The lowest BCUT2D eigenvalue weighted by molar-refractivity contribution is 0.741. The molecule has 164 valence electrons. The molecule has 0 unspecified atom stereocenters. The Morgan fingerprint density at radius 1 is 0.970 bits per heavy atom. The summed E-state index contributed by atoms with van der Waals surface area (Å²) in [7, 11) is 0. The largest absolute Gasteiger partial charge is 0.383 e. The number of nitrogens with zero attached hydrogens (tertiary/aromatic N) is 2. The average Bonchev–Trinajstić information content (AvgIpc) is 2.85. The lowest BCUT2D eigenvalue weighted by Crippen LogP contribution is -1.96. The van der Waals surface area contributed by atoms with Gasteiger partial charge in [0.15, 0.2) is 0 Å². The molecule has 0 saturated heterocycles. The van der Waals surface area contributed by atoms with Crippen molar-refractivity contribution in [3.63, 3.8) is 0 Å². The standard InChI is InChI=1S/C30H29N3/c1-20-8-6-7-11-28(20)23-12-13-29-24(15-23)16-25(30(31)33-29)14-21(2)26-17-27(19-32-18-26)22-9-4-3-5-10-22/h6-9,11-19H,3-5,10H2,1-2H3,(H2,31,33). The predicted octanol–water partition coefficient (Wildman–Crippen LogP) is 7.71. The summed E-state index contributed by atoms with van der Waals surface area (Å²) in [5.41, 5.74) is 16.8. The van der Waals surface area contributed by atoms with Crippen LogP contribution in [0.15, 0.2) is 73.1 Å². The molecule has 2 N–H and O–H groups in total. The minimum Gasteiger partial charge on any atom is -0.383 e. The van der Waals surface area contributed by atoms with Gasteiger partial charge in [-0.3, -0.25) is 4.98 Å². The molecule has 0 atom stereocenters. The number of nitrogen functional groups attached to an aromatic ring is 1. The summed E-state index contributed by atoms with van der Waals surface area (Å²) in [6.45, 7) is 4.26. The zero-order valence-corrected chi connectivity index (χ0v) is 19.3. The summed E-state index contributed by atoms with van der Waals surface area (Å²) in [6.07, 6.45) is 13.2. The molecule has 5 rings (SSSR count). The van der Waals surface area contributed by atoms with Crippen molar-refractivity contribution in [2.75, 3.05) is 5.73 Å². The van der Waals surface area contributed by atoms with Crippen molar-refractivity contribution >= 4 is 33.9 Å². The molecule has 0 radical (unpaired) electrons. The molecule has 0 saturated carbocycles. The first-order valence-electron chi connectivity index (χ1n) is 11.7. The molecule has 0 amide bonds. The summed E-state index contributed by atoms with van der Waals surface area (Å²) in [5.74, 6) is 0.546. The first kappa shape index (κ1) is 21.1. The van der Waals surface area contributed by atoms with E-state index in [0.29, 0.717) is 5.82 Å². The number of pyridine rings is 2. The topological polar surface area (TPSA) is 51.8 Å². The third-order valence-corrected chi connectivity index (χ3v) is 6.56. The van der Waals surface area contributed by atoms with Crippen LogP contribution in [-0.4, -0.2) is 9.97 Å². The van der Waals surface area contributed by atoms with Gasteiger partial charge in [0.25, 0.3) is 0 Å². The summed E-state index contributed by atoms with van der Waals surface area (Å²) in [4.78, 5) is 9.20. The van der Waals surface area contributed by atoms with Crippen LogP contribution in [0.4, 0.5) is 5.82 Å². The quantitative estimate of drug-likeness (QED) is 0.360. The van der Waals surface area contributed by atoms with Gasteiger partial charge in [-0.05, 0) is 109 Å². The Hall–Kier alpha value is -3.72. The highest BCUT2D eigenvalue weighted by Gasteiger charge is 2.10. The molecule has 0 spiro atoms. The third kappa shape index (κ3) is 4.45. The van der Waals surface area contributed by atoms with E-state index < -0.39 is 0 Å². The van der Waals surface area contributed by atoms with Crippen LogP contribution < -0.4 is 5.73 Å². The fraction of sp³-hybridized carbons (Fsp3) is 0.200. The maximum atomic E-state index is 6.35. The monoisotopic (exact) mass is 431 g/mol. The second-order valence-corrected chi connectivity index (χ2v) is 8.95. The molecule has 0 bridgehead atoms. The second-order valence-electron chi connectivity index (χ2n) is 8.95. The Morgan fingerprint density at radius 2 is 1.85 bits per heavy atom. The third-order valence-electron chi connectivity index (χ3n) is 6.56. The number of rotatable bonds is 4. The van der Waals surface area contributed by atoms with Crippen molar-refractivity contribution in [3.8, 4) is 11.1 Å². The van der Waals surface area contributed by atoms with Crippen LogP contribution in [0.2, 0.25) is 0 Å². The number of aryl methyl sites for hydroxylation is 1. The van der Waals surface area contributed by atoms with Gasteiger partial charge < -0.3 is 5.73 Å². The van der Waals surface area contributed by atoms with E-state index in [2.05, 4.69) is 90.6 Å². The Kier molecular flexibility index (Phi) is 5.78. The lowest BCUT2D eigenvalue weighted by Gasteiger charge is -2.14. The van der Waals surface area contributed by atoms with Gasteiger partial charge in [0.2, 0.25) is 0 Å². The van der Waals surface area contributed by atoms with Crippen LogP contribution in [0.3, 0.4) is 0 Å². The van der Waals surface area contributed by atoms with E-state index in [0.717, 1.165) is 40.4 Å². The molecule has 3 nitrogen and oxygen atoms in total. The van der Waals surface area contributed by atoms with E-state index in [1.165, 1.54) is 40.7 Å². The fourth-order valence-electron chi connectivity index (χ4n) is 4.64. The van der Waals surface area contributed by atoms with Crippen LogP contribution in [0, 0.1) is 6.92 Å². The van der Waals surface area contributed by atoms with Gasteiger partial charge in [-0.15, -0.1) is 0 Å². The highest BCUT2D eigenvalue weighted by Crippen LogP contribution is 2.31. The Balaban J connectivity index is 1.52. The van der Waals surface area contributed by atoms with Crippen molar-refractivity contribution in [1.82, 2.24) is 9.97 Å². The van der Waals surface area contributed by atoms with Crippen molar-refractivity contribution in [3.05, 3.63) is 95.3 Å². The zero-order chi connectivity index (χ0) is 22.8. The molecule has 0 fully saturated rings. The lowest BCUT2D eigenvalue weighted by atomic mass is 9.93. The van der Waals surface area contributed by atoms with E-state index >= 15 is 0 Å². The number of hydrogen-bond acceptors (Lipinski definition) is 3. The Morgan fingerprint density at radius 3 is 2.67 bits per heavy atom. The van der Waals surface area contributed by atoms with Crippen molar-refractivity contribution in [2.45, 2.75) is 39.5 Å². The van der Waals surface area contributed by atoms with E-state index in [9.17, 15) is 0 Å². The summed E-state index contributed by atoms with van der Waals surface area (Å²) in [6, 6.07) is 19.2. The number of allylic oxidation sites excluding steroid dienone is 3. The number of anilines is 1. The van der Waals surface area contributed by atoms with Gasteiger partial charge in [-0.25, -0.2) is 4.98 Å². The van der Waals surface area contributed by atoms with Gasteiger partial charge in [0.05, 0.1) is 5.52 Å². The minimum absolute atomic E-state index is 0.546. The van der Waals surface area contributed by atoms with Gasteiger partial charge in [-0.1, -0.05) is 36.4 Å². The molecular weight excluding hydrogens is 402 g/mol. The minimum atomic E-state index is 0.546. The van der Waals surface area contributed by atoms with Crippen molar-refractivity contribution in [1.29, 1.82) is 0 Å². The zero-order valence-electron chi connectivity index (χ0n) is 19.3. The number of nitrogens with two attached hydrogens (primary N) is 1. The van der Waals surface area contributed by atoms with Gasteiger partial charge in [0, 0.05) is 23.3 Å². The Labute approximate surface area is 195 Å². The maximum Gasteiger partial charge on any atom is 0.131 e. The van der Waals surface area contributed by atoms with E-state index in [4.69, 9.17) is 5.73 Å². The number of fused-ring (bicyclic) bond motifs is 1. The summed E-state index contributed by atoms with van der Waals surface area (Å²) >= 11 is 0. The number of benzene rings is 2. The number of hydrogen-bond donors (Lipinski definition) is 1. The van der Waals surface area contributed by atoms with Crippen LogP contribution in [0.25, 0.3) is 39.3 Å². The van der Waals surface area contributed by atoms with Crippen LogP contribution in [-0.2, 0) is 0 Å². The molecule has 1 aliphatic rings. The van der Waals surface area contributed by atoms with E-state index in [1.807, 2.05) is 12.4 Å². The van der Waals surface area contributed by atoms with Gasteiger partial charge in [0.1, 0.15) is 5.82 Å². The maximum absolute atomic E-state index is 6.35. The molecule has 2 heterocycles. The van der Waals surface area contributed by atoms with Crippen LogP contribution in [0.1, 0.15) is 54.9 Å². The molecule has 0 aliphatic heterocycles. The van der Waals surface area contributed by atoms with Gasteiger partial charge >= 0.3 is 0 Å². The molecule has 33 heavy (non-hydrogen) atoms. The fourth-order valence-corrected chi connectivity index (χ4v) is 4.64. The van der Waals surface area contributed by atoms with Crippen molar-refractivity contribution in [2.24, 2.45) is 0 Å². The first-order valence-corrected chi connectivity index (χ1v) is 11.7. The van der Waals surface area contributed by atoms with Crippen molar-refractivity contribution < 1.29 is 0 Å². The Bertz CT molecular complexity index is 1400. The predicted molar refractivity (Wildman–Crippen MR) is 141 cm³/mol. The van der Waals surface area contributed by atoms with E-state index in [1.54, 1.807) is 0 Å². The molecule has 2 aromatic heterocycles. The molecular formula is C30H29N3. The second kappa shape index (κ2) is 9.03. The van der Waals surface area contributed by atoms with E-state index in [-0.39, 0.29) is 0 Å². The summed E-state index contributed by atoms with van der Waals surface area (Å²) in [5, 5.41) is 1.09. The van der Waals surface area contributed by atoms with Crippen LogP contribution >= 0.6 is 0 Å². The molecule has 4 aromatic rings. The van der Waals surface area contributed by atoms with Crippen LogP contribution in [0.5, 0.6) is 0 Å². The van der Waals surface area contributed by atoms with Gasteiger partial charge in [-0.2, -0.15) is 0 Å². The molecule has 3 heteroatoms. The average molecular weight is 432 g/mol. The first-order chi connectivity index (χ1) is 16.1. The summed E-state index contributed by atoms with van der Waals surface area (Å²) < 4.78 is 0. The highest BCUT2D eigenvalue weighted by molar-refractivity contribution is 5.92. The number of aromatic nitrogens is 2. The molecule has 2 aromatic carbocycles.